The van der Waals surface area contributed by atoms with Crippen LogP contribution in [0.3, 0.4) is 0 Å². The lowest BCUT2D eigenvalue weighted by molar-refractivity contribution is 0.0313. The first-order chi connectivity index (χ1) is 12.3. The molecule has 2 aromatic rings. The first-order valence-electron chi connectivity index (χ1n) is 8.95. The minimum absolute atomic E-state index is 0.0647. The lowest BCUT2D eigenvalue weighted by Gasteiger charge is -2.30. The normalized spacial score (nSPS) is 20.1. The van der Waals surface area contributed by atoms with E-state index < -0.39 is 0 Å². The maximum atomic E-state index is 12.7. The van der Waals surface area contributed by atoms with Crippen molar-refractivity contribution in [3.63, 3.8) is 0 Å². The summed E-state index contributed by atoms with van der Waals surface area (Å²) in [5.41, 5.74) is 0.653. The van der Waals surface area contributed by atoms with Crippen LogP contribution in [0.5, 0.6) is 0 Å². The highest BCUT2D eigenvalue weighted by Crippen LogP contribution is 2.26. The maximum Gasteiger partial charge on any atom is 0.257 e. The van der Waals surface area contributed by atoms with Crippen molar-refractivity contribution in [3.8, 4) is 0 Å². The number of likely N-dealkylation sites (tertiary alicyclic amines) is 1. The Morgan fingerprint density at radius 3 is 2.76 bits per heavy atom. The molecule has 0 radical (unpaired) electrons. The Bertz CT molecular complexity index is 683. The first kappa shape index (κ1) is 16.4. The number of imidazole rings is 1. The summed E-state index contributed by atoms with van der Waals surface area (Å²) in [6.07, 6.45) is 7.12. The number of carbonyl (C=O) groups excluding carboxylic acids is 1. The van der Waals surface area contributed by atoms with Crippen molar-refractivity contribution in [2.24, 2.45) is 0 Å². The summed E-state index contributed by atoms with van der Waals surface area (Å²) in [6.45, 7) is 5.59. The van der Waals surface area contributed by atoms with E-state index in [9.17, 15) is 4.79 Å². The fourth-order valence-corrected chi connectivity index (χ4v) is 3.59. The number of amides is 1. The lowest BCUT2D eigenvalue weighted by atomic mass is 9.96. The average molecular weight is 344 g/mol. The van der Waals surface area contributed by atoms with Crippen LogP contribution in [0.4, 0.5) is 0 Å². The largest absolute Gasteiger partial charge is 0.467 e. The number of morpholine rings is 1. The summed E-state index contributed by atoms with van der Waals surface area (Å²) in [4.78, 5) is 24.4. The molecule has 0 atom stereocenters. The van der Waals surface area contributed by atoms with Gasteiger partial charge in [-0.15, -0.1) is 0 Å². The van der Waals surface area contributed by atoms with E-state index in [0.29, 0.717) is 11.5 Å². The predicted octanol–water partition coefficient (Wildman–Crippen LogP) is 1.85. The van der Waals surface area contributed by atoms with E-state index in [2.05, 4.69) is 14.9 Å². The van der Waals surface area contributed by atoms with Gasteiger partial charge in [-0.1, -0.05) is 0 Å². The molecule has 1 amide bonds. The van der Waals surface area contributed by atoms with Crippen molar-refractivity contribution in [1.82, 2.24) is 19.8 Å². The minimum Gasteiger partial charge on any atom is -0.467 e. The molecule has 0 aliphatic carbocycles. The van der Waals surface area contributed by atoms with Gasteiger partial charge in [-0.3, -0.25) is 9.69 Å². The van der Waals surface area contributed by atoms with Crippen LogP contribution < -0.4 is 0 Å². The van der Waals surface area contributed by atoms with E-state index >= 15 is 0 Å². The molecule has 4 rings (SSSR count). The van der Waals surface area contributed by atoms with Crippen LogP contribution in [-0.2, 0) is 11.3 Å². The summed E-state index contributed by atoms with van der Waals surface area (Å²) in [5, 5.41) is 0. The van der Waals surface area contributed by atoms with Gasteiger partial charge in [0.2, 0.25) is 0 Å². The molecule has 7 heteroatoms. The highest BCUT2D eigenvalue weighted by molar-refractivity contribution is 5.94. The number of hydrogen-bond donors (Lipinski definition) is 1. The molecular formula is C18H24N4O3. The topological polar surface area (TPSA) is 74.6 Å². The number of nitrogens with zero attached hydrogens (tertiary/aromatic N) is 3. The van der Waals surface area contributed by atoms with Gasteiger partial charge < -0.3 is 19.0 Å². The minimum atomic E-state index is 0.0647. The number of aromatic nitrogens is 2. The zero-order valence-electron chi connectivity index (χ0n) is 14.3. The van der Waals surface area contributed by atoms with Gasteiger partial charge in [0, 0.05) is 44.5 Å². The summed E-state index contributed by atoms with van der Waals surface area (Å²) in [6, 6.07) is 1.89. The Hall–Kier alpha value is -2.12. The number of piperidine rings is 1. The van der Waals surface area contributed by atoms with E-state index in [0.717, 1.165) is 70.4 Å². The van der Waals surface area contributed by atoms with Crippen molar-refractivity contribution >= 4 is 5.91 Å². The first-order valence-corrected chi connectivity index (χ1v) is 8.95. The van der Waals surface area contributed by atoms with Gasteiger partial charge in [-0.05, 0) is 18.9 Å². The van der Waals surface area contributed by atoms with Gasteiger partial charge in [-0.2, -0.15) is 0 Å². The molecule has 1 N–H and O–H groups in total. The second-order valence-electron chi connectivity index (χ2n) is 6.73. The van der Waals surface area contributed by atoms with Crippen LogP contribution in [-0.4, -0.2) is 65.1 Å². The Kier molecular flexibility index (Phi) is 4.85. The van der Waals surface area contributed by atoms with Crippen LogP contribution in [0, 0.1) is 0 Å². The van der Waals surface area contributed by atoms with Gasteiger partial charge in [0.1, 0.15) is 17.8 Å². The van der Waals surface area contributed by atoms with Crippen LogP contribution in [0.15, 0.2) is 29.1 Å². The third-order valence-corrected chi connectivity index (χ3v) is 5.07. The van der Waals surface area contributed by atoms with Crippen molar-refractivity contribution in [2.45, 2.75) is 25.3 Å². The van der Waals surface area contributed by atoms with Crippen molar-refractivity contribution < 1.29 is 13.9 Å². The molecule has 4 heterocycles. The SMILES string of the molecule is O=C(c1coc(CN2CCOCC2)c1)N1CCC(c2ncc[nH]2)CC1. The molecule has 25 heavy (non-hydrogen) atoms. The molecule has 2 saturated heterocycles. The van der Waals surface area contributed by atoms with Gasteiger partial charge in [-0.25, -0.2) is 4.98 Å². The fourth-order valence-electron chi connectivity index (χ4n) is 3.59. The molecule has 0 aromatic carbocycles. The number of ether oxygens (including phenoxy) is 1. The maximum absolute atomic E-state index is 12.7. The summed E-state index contributed by atoms with van der Waals surface area (Å²) in [5.74, 6) is 2.36. The van der Waals surface area contributed by atoms with Crippen molar-refractivity contribution in [2.75, 3.05) is 39.4 Å². The third-order valence-electron chi connectivity index (χ3n) is 5.07. The third kappa shape index (κ3) is 3.77. The zero-order valence-corrected chi connectivity index (χ0v) is 14.3. The van der Waals surface area contributed by atoms with Gasteiger partial charge in [0.25, 0.3) is 5.91 Å². The fraction of sp³-hybridized carbons (Fsp3) is 0.556. The monoisotopic (exact) mass is 344 g/mol. The molecule has 7 nitrogen and oxygen atoms in total. The van der Waals surface area contributed by atoms with Crippen molar-refractivity contribution in [3.05, 3.63) is 41.9 Å². The summed E-state index contributed by atoms with van der Waals surface area (Å²) < 4.78 is 11.0. The Morgan fingerprint density at radius 2 is 2.04 bits per heavy atom. The zero-order chi connectivity index (χ0) is 17.1. The molecule has 2 aliphatic heterocycles. The van der Waals surface area contributed by atoms with E-state index in [-0.39, 0.29) is 5.91 Å². The number of aromatic amines is 1. The molecule has 0 unspecified atom stereocenters. The number of furan rings is 1. The standard InChI is InChI=1S/C18H24N4O3/c23-18(22-5-1-14(2-6-22)17-19-3-4-20-17)15-11-16(25-13-15)12-21-7-9-24-10-8-21/h3-4,11,13-14H,1-2,5-10,12H2,(H,19,20). The van der Waals surface area contributed by atoms with E-state index in [1.54, 1.807) is 12.5 Å². The smallest absolute Gasteiger partial charge is 0.257 e. The molecule has 0 saturated carbocycles. The number of rotatable bonds is 4. The average Bonchev–Trinajstić information content (AvgIpc) is 3.34. The van der Waals surface area contributed by atoms with E-state index in [4.69, 9.17) is 9.15 Å². The summed E-state index contributed by atoms with van der Waals surface area (Å²) >= 11 is 0. The molecule has 2 fully saturated rings. The number of nitrogens with one attached hydrogen (secondary N) is 1. The Balaban J connectivity index is 1.32. The molecule has 2 aliphatic rings. The van der Waals surface area contributed by atoms with Gasteiger partial charge in [0.15, 0.2) is 0 Å². The molecule has 0 bridgehead atoms. The quantitative estimate of drug-likeness (QED) is 0.916. The Labute approximate surface area is 147 Å². The lowest BCUT2D eigenvalue weighted by Crippen LogP contribution is -2.38. The second kappa shape index (κ2) is 7.41. The van der Waals surface area contributed by atoms with Gasteiger partial charge >= 0.3 is 0 Å². The van der Waals surface area contributed by atoms with Crippen LogP contribution in [0.25, 0.3) is 0 Å². The molecule has 134 valence electrons. The Morgan fingerprint density at radius 1 is 1.24 bits per heavy atom. The summed E-state index contributed by atoms with van der Waals surface area (Å²) in [7, 11) is 0. The van der Waals surface area contributed by atoms with E-state index in [1.165, 1.54) is 0 Å². The van der Waals surface area contributed by atoms with E-state index in [1.807, 2.05) is 17.2 Å². The van der Waals surface area contributed by atoms with Gasteiger partial charge in [0.05, 0.1) is 25.3 Å². The number of H-pyrrole nitrogens is 1. The number of hydrogen-bond acceptors (Lipinski definition) is 5. The van der Waals surface area contributed by atoms with Crippen LogP contribution in [0.2, 0.25) is 0 Å². The van der Waals surface area contributed by atoms with Crippen LogP contribution in [0.1, 0.15) is 40.7 Å². The second-order valence-corrected chi connectivity index (χ2v) is 6.73. The van der Waals surface area contributed by atoms with Crippen LogP contribution >= 0.6 is 0 Å². The highest BCUT2D eigenvalue weighted by Gasteiger charge is 2.26. The molecule has 2 aromatic heterocycles. The molecular weight excluding hydrogens is 320 g/mol. The number of carbonyl (C=O) groups is 1. The highest BCUT2D eigenvalue weighted by atomic mass is 16.5. The molecule has 0 spiro atoms. The predicted molar refractivity (Wildman–Crippen MR) is 91.3 cm³/mol. The van der Waals surface area contributed by atoms with Crippen molar-refractivity contribution in [1.29, 1.82) is 0 Å².